The van der Waals surface area contributed by atoms with Gasteiger partial charge in [-0.05, 0) is 69.4 Å². The maximum Gasteiger partial charge on any atom is 0.408 e. The fourth-order valence-corrected chi connectivity index (χ4v) is 4.21. The number of rotatable bonds is 7. The number of benzene rings is 1. The Balaban J connectivity index is 1.78. The fraction of sp³-hybridized carbons (Fsp3) is 0.500. The minimum absolute atomic E-state index is 0.0641. The number of halogens is 1. The zero-order chi connectivity index (χ0) is 25.3. The van der Waals surface area contributed by atoms with Gasteiger partial charge in [-0.1, -0.05) is 19.9 Å². The molecule has 1 unspecified atom stereocenters. The monoisotopic (exact) mass is 471 g/mol. The Morgan fingerprint density at radius 3 is 2.56 bits per heavy atom. The number of nitrogens with one attached hydrogen (secondary N) is 1. The van der Waals surface area contributed by atoms with Gasteiger partial charge in [-0.15, -0.1) is 0 Å². The molecule has 2 aromatic rings. The van der Waals surface area contributed by atoms with E-state index >= 15 is 4.39 Å². The van der Waals surface area contributed by atoms with Crippen LogP contribution in [0, 0.1) is 11.7 Å². The molecule has 2 amide bonds. The molecule has 1 aliphatic heterocycles. The number of carbonyl (C=O) groups excluding carboxylic acids is 2. The first-order valence-corrected chi connectivity index (χ1v) is 11.5. The predicted octanol–water partition coefficient (Wildman–Crippen LogP) is 5.18. The van der Waals surface area contributed by atoms with Crippen LogP contribution in [-0.2, 0) is 11.3 Å². The van der Waals surface area contributed by atoms with Gasteiger partial charge in [0.15, 0.2) is 11.6 Å². The van der Waals surface area contributed by atoms with Gasteiger partial charge < -0.3 is 19.7 Å². The van der Waals surface area contributed by atoms with Gasteiger partial charge in [0.05, 0.1) is 23.3 Å². The molecule has 8 heteroatoms. The Labute approximate surface area is 200 Å². The summed E-state index contributed by atoms with van der Waals surface area (Å²) in [4.78, 5) is 30.8. The van der Waals surface area contributed by atoms with E-state index in [1.807, 2.05) is 20.8 Å². The standard InChI is InChI=1S/C26H34FN3O4/c1-16(2)13-26(6,29-24(32)34-25(3,4)5)15-33-21-9-8-17(12-19(21)27)18-10-11-28-20-14-30(7)23(31)22(18)20/h8-12,16H,13-15H2,1-7H3,(H,29,32). The summed E-state index contributed by atoms with van der Waals surface area (Å²) in [5.41, 5.74) is 1.01. The van der Waals surface area contributed by atoms with Gasteiger partial charge in [-0.25, -0.2) is 9.18 Å². The van der Waals surface area contributed by atoms with E-state index in [0.29, 0.717) is 35.3 Å². The van der Waals surface area contributed by atoms with Crippen LogP contribution in [0.3, 0.4) is 0 Å². The van der Waals surface area contributed by atoms with E-state index in [2.05, 4.69) is 10.3 Å². The second-order valence-electron chi connectivity index (χ2n) is 10.6. The van der Waals surface area contributed by atoms with Crippen molar-refractivity contribution in [1.82, 2.24) is 15.2 Å². The summed E-state index contributed by atoms with van der Waals surface area (Å²) in [6.45, 7) is 11.8. The second-order valence-corrected chi connectivity index (χ2v) is 10.6. The van der Waals surface area contributed by atoms with Crippen molar-refractivity contribution >= 4 is 12.0 Å². The molecule has 0 saturated carbocycles. The smallest absolute Gasteiger partial charge is 0.408 e. The number of nitrogens with zero attached hydrogens (tertiary/aromatic N) is 2. The lowest BCUT2D eigenvalue weighted by Gasteiger charge is -2.33. The Morgan fingerprint density at radius 2 is 1.94 bits per heavy atom. The van der Waals surface area contributed by atoms with Crippen LogP contribution in [0.2, 0.25) is 0 Å². The second kappa shape index (κ2) is 9.60. The molecular weight excluding hydrogens is 437 g/mol. The third kappa shape index (κ3) is 6.04. The quantitative estimate of drug-likeness (QED) is 0.602. The van der Waals surface area contributed by atoms with Crippen molar-refractivity contribution in [3.63, 3.8) is 0 Å². The lowest BCUT2D eigenvalue weighted by atomic mass is 9.91. The van der Waals surface area contributed by atoms with Crippen LogP contribution in [0.15, 0.2) is 30.5 Å². The normalized spacial score (nSPS) is 15.2. The Hall–Kier alpha value is -3.16. The molecule has 0 spiro atoms. The summed E-state index contributed by atoms with van der Waals surface area (Å²) in [5.74, 6) is -0.346. The van der Waals surface area contributed by atoms with Crippen molar-refractivity contribution in [2.75, 3.05) is 13.7 Å². The third-order valence-corrected chi connectivity index (χ3v) is 5.43. The number of ether oxygens (including phenoxy) is 2. The van der Waals surface area contributed by atoms with Crippen LogP contribution in [0.4, 0.5) is 9.18 Å². The van der Waals surface area contributed by atoms with Gasteiger partial charge in [0, 0.05) is 13.2 Å². The molecule has 7 nitrogen and oxygen atoms in total. The molecule has 2 heterocycles. The van der Waals surface area contributed by atoms with E-state index in [-0.39, 0.29) is 24.2 Å². The SMILES string of the molecule is CC(C)CC(C)(COc1ccc(-c2ccnc3c2C(=O)N(C)C3)cc1F)NC(=O)OC(C)(C)C. The molecule has 34 heavy (non-hydrogen) atoms. The molecule has 0 bridgehead atoms. The van der Waals surface area contributed by atoms with Crippen LogP contribution < -0.4 is 10.1 Å². The number of hydrogen-bond donors (Lipinski definition) is 1. The molecule has 1 aromatic heterocycles. The number of alkyl carbamates (subject to hydrolysis) is 1. The van der Waals surface area contributed by atoms with E-state index in [1.54, 1.807) is 57.1 Å². The lowest BCUT2D eigenvalue weighted by Crippen LogP contribution is -2.52. The van der Waals surface area contributed by atoms with Crippen LogP contribution in [0.25, 0.3) is 11.1 Å². The highest BCUT2D eigenvalue weighted by Crippen LogP contribution is 2.33. The summed E-state index contributed by atoms with van der Waals surface area (Å²) in [7, 11) is 1.71. The minimum atomic E-state index is -0.759. The van der Waals surface area contributed by atoms with E-state index < -0.39 is 23.1 Å². The van der Waals surface area contributed by atoms with Crippen LogP contribution >= 0.6 is 0 Å². The van der Waals surface area contributed by atoms with E-state index in [1.165, 1.54) is 6.07 Å². The maximum absolute atomic E-state index is 15.0. The van der Waals surface area contributed by atoms with E-state index in [9.17, 15) is 9.59 Å². The summed E-state index contributed by atoms with van der Waals surface area (Å²) in [6, 6.07) is 6.35. The highest BCUT2D eigenvalue weighted by Gasteiger charge is 2.32. The van der Waals surface area contributed by atoms with Gasteiger partial charge in [0.1, 0.15) is 12.2 Å². The molecule has 3 rings (SSSR count). The van der Waals surface area contributed by atoms with Gasteiger partial charge in [0.2, 0.25) is 0 Å². The van der Waals surface area contributed by atoms with Crippen LogP contribution in [-0.4, -0.2) is 46.7 Å². The number of aromatic nitrogens is 1. The molecule has 184 valence electrons. The van der Waals surface area contributed by atoms with Crippen molar-refractivity contribution < 1.29 is 23.5 Å². The molecule has 0 fully saturated rings. The lowest BCUT2D eigenvalue weighted by molar-refractivity contribution is 0.0406. The average molecular weight is 472 g/mol. The maximum atomic E-state index is 15.0. The number of amides is 2. The number of carbonyl (C=O) groups is 2. The highest BCUT2D eigenvalue weighted by atomic mass is 19.1. The molecule has 1 N–H and O–H groups in total. The molecule has 1 atom stereocenters. The predicted molar refractivity (Wildman–Crippen MR) is 128 cm³/mol. The summed E-state index contributed by atoms with van der Waals surface area (Å²) >= 11 is 0. The highest BCUT2D eigenvalue weighted by molar-refractivity contribution is 6.03. The molecule has 1 aromatic carbocycles. The van der Waals surface area contributed by atoms with E-state index in [0.717, 1.165) is 0 Å². The zero-order valence-corrected chi connectivity index (χ0v) is 21.0. The van der Waals surface area contributed by atoms with Gasteiger partial charge in [-0.2, -0.15) is 0 Å². The first-order valence-electron chi connectivity index (χ1n) is 11.5. The molecule has 1 aliphatic rings. The van der Waals surface area contributed by atoms with Gasteiger partial charge in [-0.3, -0.25) is 9.78 Å². The topological polar surface area (TPSA) is 80.8 Å². The fourth-order valence-electron chi connectivity index (χ4n) is 4.21. The first kappa shape index (κ1) is 25.5. The summed E-state index contributed by atoms with van der Waals surface area (Å²) < 4.78 is 26.3. The molecule has 0 aliphatic carbocycles. The van der Waals surface area contributed by atoms with Crippen LogP contribution in [0.5, 0.6) is 5.75 Å². The number of fused-ring (bicyclic) bond motifs is 1. The Morgan fingerprint density at radius 1 is 1.24 bits per heavy atom. The third-order valence-electron chi connectivity index (χ3n) is 5.43. The van der Waals surface area contributed by atoms with Crippen molar-refractivity contribution in [2.24, 2.45) is 5.92 Å². The molecule has 0 radical (unpaired) electrons. The van der Waals surface area contributed by atoms with E-state index in [4.69, 9.17) is 9.47 Å². The summed E-state index contributed by atoms with van der Waals surface area (Å²) in [6.07, 6.45) is 1.70. The largest absolute Gasteiger partial charge is 0.488 e. The zero-order valence-electron chi connectivity index (χ0n) is 21.0. The first-order chi connectivity index (χ1) is 15.8. The van der Waals surface area contributed by atoms with Crippen molar-refractivity contribution in [3.05, 3.63) is 47.5 Å². The molecular formula is C26H34FN3O4. The minimum Gasteiger partial charge on any atom is -0.488 e. The van der Waals surface area contributed by atoms with Crippen molar-refractivity contribution in [1.29, 1.82) is 0 Å². The Bertz CT molecular complexity index is 1080. The number of hydrogen-bond acceptors (Lipinski definition) is 5. The van der Waals surface area contributed by atoms with Crippen molar-refractivity contribution in [3.8, 4) is 16.9 Å². The Kier molecular flexibility index (Phi) is 7.19. The average Bonchev–Trinajstić information content (AvgIpc) is 2.98. The summed E-state index contributed by atoms with van der Waals surface area (Å²) in [5, 5.41) is 2.89. The van der Waals surface area contributed by atoms with Crippen LogP contribution in [0.1, 0.15) is 64.0 Å². The van der Waals surface area contributed by atoms with Crippen molar-refractivity contribution in [2.45, 2.75) is 65.6 Å². The molecule has 0 saturated heterocycles. The van der Waals surface area contributed by atoms with Gasteiger partial charge >= 0.3 is 6.09 Å². The number of pyridine rings is 1. The van der Waals surface area contributed by atoms with Gasteiger partial charge in [0.25, 0.3) is 5.91 Å².